The van der Waals surface area contributed by atoms with Crippen molar-refractivity contribution in [1.29, 1.82) is 0 Å². The quantitative estimate of drug-likeness (QED) is 0.324. The van der Waals surface area contributed by atoms with Gasteiger partial charge in [-0.1, -0.05) is 12.1 Å². The summed E-state index contributed by atoms with van der Waals surface area (Å²) in [6, 6.07) is 6.09. The molecule has 0 aliphatic carbocycles. The zero-order valence-electron chi connectivity index (χ0n) is 13.9. The van der Waals surface area contributed by atoms with E-state index < -0.39 is 36.7 Å². The van der Waals surface area contributed by atoms with Gasteiger partial charge >= 0.3 is 0 Å². The second-order valence-electron chi connectivity index (χ2n) is 6.21. The molecule has 0 radical (unpaired) electrons. The van der Waals surface area contributed by atoms with Crippen molar-refractivity contribution in [3.63, 3.8) is 0 Å². The molecular weight excluding hydrogens is 358 g/mol. The average molecular weight is 375 g/mol. The van der Waals surface area contributed by atoms with Crippen molar-refractivity contribution in [2.75, 3.05) is 12.3 Å². The maximum absolute atomic E-state index is 12.3. The number of hydrogen-bond acceptors (Lipinski definition) is 9. The molecule has 4 rings (SSSR count). The molecule has 1 fully saturated rings. The number of ether oxygens (including phenoxy) is 1. The number of nitrogens with zero attached hydrogens (tertiary/aromatic N) is 3. The van der Waals surface area contributed by atoms with Gasteiger partial charge in [-0.05, 0) is 12.1 Å². The number of nitrogen functional groups attached to an aromatic ring is 1. The van der Waals surface area contributed by atoms with Crippen LogP contribution < -0.4 is 11.3 Å². The van der Waals surface area contributed by atoms with Crippen LogP contribution in [0.3, 0.4) is 0 Å². The standard InChI is InChI=1S/C16H17N5O6/c17-16-19-13-9(14(26)20-16)18-12(6-2-1-3-7(23)4-6)21(13)15-11(25)10(24)8(5-22)27-15/h1-4,8,10-11,15,22-25H,5H2,(H3,17,19,20,26)/t8-,10-,11-,15-/m1/s1. The van der Waals surface area contributed by atoms with E-state index in [0.717, 1.165) is 0 Å². The number of H-pyrrole nitrogens is 1. The Kier molecular flexibility index (Phi) is 4.08. The number of aliphatic hydroxyl groups is 3. The molecule has 142 valence electrons. The van der Waals surface area contributed by atoms with Crippen LogP contribution in [-0.4, -0.2) is 64.9 Å². The predicted octanol–water partition coefficient (Wildman–Crippen LogP) is -1.31. The van der Waals surface area contributed by atoms with Gasteiger partial charge in [0, 0.05) is 5.56 Å². The topological polar surface area (TPSA) is 180 Å². The van der Waals surface area contributed by atoms with Crippen LogP contribution in [0.4, 0.5) is 5.95 Å². The van der Waals surface area contributed by atoms with Crippen molar-refractivity contribution in [2.24, 2.45) is 0 Å². The predicted molar refractivity (Wildman–Crippen MR) is 92.7 cm³/mol. The van der Waals surface area contributed by atoms with Crippen LogP contribution in [0.2, 0.25) is 0 Å². The molecular formula is C16H17N5O6. The zero-order valence-corrected chi connectivity index (χ0v) is 13.9. The number of nitrogens with two attached hydrogens (primary N) is 1. The van der Waals surface area contributed by atoms with E-state index in [9.17, 15) is 25.2 Å². The van der Waals surface area contributed by atoms with Crippen LogP contribution in [-0.2, 0) is 4.74 Å². The van der Waals surface area contributed by atoms with E-state index in [1.807, 2.05) is 0 Å². The minimum Gasteiger partial charge on any atom is -0.508 e. The fourth-order valence-electron chi connectivity index (χ4n) is 3.18. The van der Waals surface area contributed by atoms with Gasteiger partial charge in [0.05, 0.1) is 6.61 Å². The second kappa shape index (κ2) is 6.32. The van der Waals surface area contributed by atoms with E-state index in [0.29, 0.717) is 5.56 Å². The van der Waals surface area contributed by atoms with Gasteiger partial charge in [0.15, 0.2) is 17.4 Å². The number of phenols is 1. The minimum absolute atomic E-state index is 0.0319. The lowest BCUT2D eigenvalue weighted by molar-refractivity contribution is -0.0503. The van der Waals surface area contributed by atoms with Crippen molar-refractivity contribution in [3.05, 3.63) is 34.6 Å². The van der Waals surface area contributed by atoms with Crippen molar-refractivity contribution >= 4 is 17.1 Å². The molecule has 11 heteroatoms. The lowest BCUT2D eigenvalue weighted by atomic mass is 10.1. The summed E-state index contributed by atoms with van der Waals surface area (Å²) in [5, 5.41) is 39.7. The lowest BCUT2D eigenvalue weighted by Crippen LogP contribution is -2.33. The summed E-state index contributed by atoms with van der Waals surface area (Å²) in [6.45, 7) is -0.515. The van der Waals surface area contributed by atoms with Crippen molar-refractivity contribution in [3.8, 4) is 17.1 Å². The summed E-state index contributed by atoms with van der Waals surface area (Å²) >= 11 is 0. The Morgan fingerprint density at radius 2 is 2.04 bits per heavy atom. The number of phenolic OH excluding ortho intramolecular Hbond substituents is 1. The number of anilines is 1. The number of aliphatic hydroxyl groups excluding tert-OH is 3. The van der Waals surface area contributed by atoms with Crippen LogP contribution in [0.25, 0.3) is 22.6 Å². The molecule has 1 aliphatic rings. The highest BCUT2D eigenvalue weighted by Crippen LogP contribution is 2.35. The first kappa shape index (κ1) is 17.4. The first-order valence-electron chi connectivity index (χ1n) is 8.10. The molecule has 1 saturated heterocycles. The monoisotopic (exact) mass is 375 g/mol. The van der Waals surface area contributed by atoms with Gasteiger partial charge in [0.1, 0.15) is 29.9 Å². The number of benzene rings is 1. The number of aromatic nitrogens is 4. The number of fused-ring (bicyclic) bond motifs is 1. The maximum Gasteiger partial charge on any atom is 0.280 e. The number of imidazole rings is 1. The van der Waals surface area contributed by atoms with Gasteiger partial charge in [-0.25, -0.2) is 4.98 Å². The normalized spacial score (nSPS) is 25.3. The molecule has 4 atom stereocenters. The first-order chi connectivity index (χ1) is 12.9. The fraction of sp³-hybridized carbons (Fsp3) is 0.312. The third kappa shape index (κ3) is 2.73. The van der Waals surface area contributed by atoms with Crippen molar-refractivity contribution < 1.29 is 25.2 Å². The van der Waals surface area contributed by atoms with Crippen LogP contribution in [0.15, 0.2) is 29.1 Å². The fourth-order valence-corrected chi connectivity index (χ4v) is 3.18. The highest BCUT2D eigenvalue weighted by Gasteiger charge is 2.45. The van der Waals surface area contributed by atoms with Gasteiger partial charge < -0.3 is 30.9 Å². The number of aromatic hydroxyl groups is 1. The SMILES string of the molecule is Nc1nc2c(nc(-c3cccc(O)c3)n2[C@@H]2O[C@H](CO)[C@@H](O)[C@H]2O)c(=O)[nH]1. The molecule has 0 saturated carbocycles. The van der Waals surface area contributed by atoms with Crippen molar-refractivity contribution in [2.45, 2.75) is 24.5 Å². The van der Waals surface area contributed by atoms with Crippen LogP contribution in [0.1, 0.15) is 6.23 Å². The zero-order chi connectivity index (χ0) is 19.3. The van der Waals surface area contributed by atoms with Crippen molar-refractivity contribution in [1.82, 2.24) is 19.5 Å². The summed E-state index contributed by atoms with van der Waals surface area (Å²) in [7, 11) is 0. The van der Waals surface area contributed by atoms with E-state index in [2.05, 4.69) is 15.0 Å². The largest absolute Gasteiger partial charge is 0.508 e. The smallest absolute Gasteiger partial charge is 0.280 e. The number of hydrogen-bond donors (Lipinski definition) is 6. The van der Waals surface area contributed by atoms with Gasteiger partial charge in [-0.3, -0.25) is 14.3 Å². The van der Waals surface area contributed by atoms with Gasteiger partial charge in [0.25, 0.3) is 5.56 Å². The van der Waals surface area contributed by atoms with Crippen LogP contribution in [0, 0.1) is 0 Å². The Morgan fingerprint density at radius 3 is 2.70 bits per heavy atom. The average Bonchev–Trinajstić information content (AvgIpc) is 3.13. The Labute approximate surface area is 151 Å². The van der Waals surface area contributed by atoms with E-state index in [1.165, 1.54) is 16.7 Å². The minimum atomic E-state index is -1.42. The summed E-state index contributed by atoms with van der Waals surface area (Å²) in [5.74, 6) is -0.0316. The molecule has 1 aliphatic heterocycles. The number of nitrogens with one attached hydrogen (secondary N) is 1. The Morgan fingerprint density at radius 1 is 1.26 bits per heavy atom. The molecule has 7 N–H and O–H groups in total. The van der Waals surface area contributed by atoms with E-state index in [4.69, 9.17) is 10.5 Å². The molecule has 3 aromatic rings. The molecule has 0 spiro atoms. The molecule has 0 bridgehead atoms. The number of aromatic amines is 1. The lowest BCUT2D eigenvalue weighted by Gasteiger charge is -2.19. The third-order valence-electron chi connectivity index (χ3n) is 4.44. The number of rotatable bonds is 3. The van der Waals surface area contributed by atoms with E-state index in [1.54, 1.807) is 12.1 Å². The second-order valence-corrected chi connectivity index (χ2v) is 6.21. The van der Waals surface area contributed by atoms with Crippen LogP contribution in [0.5, 0.6) is 5.75 Å². The summed E-state index contributed by atoms with van der Waals surface area (Å²) in [4.78, 5) is 23.0. The Balaban J connectivity index is 2.00. The molecule has 1 aromatic carbocycles. The maximum atomic E-state index is 12.3. The highest BCUT2D eigenvalue weighted by molar-refractivity contribution is 5.77. The molecule has 27 heavy (non-hydrogen) atoms. The van der Waals surface area contributed by atoms with E-state index in [-0.39, 0.29) is 28.7 Å². The summed E-state index contributed by atoms with van der Waals surface area (Å²) < 4.78 is 6.90. The summed E-state index contributed by atoms with van der Waals surface area (Å²) in [6.07, 6.45) is -4.99. The summed E-state index contributed by atoms with van der Waals surface area (Å²) in [5.41, 5.74) is 5.44. The first-order valence-corrected chi connectivity index (χ1v) is 8.10. The molecule has 0 unspecified atom stereocenters. The Hall–Kier alpha value is -2.99. The van der Waals surface area contributed by atoms with E-state index >= 15 is 0 Å². The van der Waals surface area contributed by atoms with Gasteiger partial charge in [-0.15, -0.1) is 0 Å². The molecule has 0 amide bonds. The Bertz CT molecular complexity index is 1060. The molecule has 2 aromatic heterocycles. The molecule has 3 heterocycles. The highest BCUT2D eigenvalue weighted by atomic mass is 16.6. The van der Waals surface area contributed by atoms with Gasteiger partial charge in [0.2, 0.25) is 5.95 Å². The molecule has 11 nitrogen and oxygen atoms in total. The third-order valence-corrected chi connectivity index (χ3v) is 4.44. The van der Waals surface area contributed by atoms with Crippen LogP contribution >= 0.6 is 0 Å². The van der Waals surface area contributed by atoms with Gasteiger partial charge in [-0.2, -0.15) is 4.98 Å².